The summed E-state index contributed by atoms with van der Waals surface area (Å²) in [4.78, 5) is 25.6. The number of ether oxygens (including phenoxy) is 2. The monoisotopic (exact) mass is 374 g/mol. The maximum atomic E-state index is 12.1. The summed E-state index contributed by atoms with van der Waals surface area (Å²) in [6, 6.07) is 14.3. The van der Waals surface area contributed by atoms with Crippen molar-refractivity contribution in [2.24, 2.45) is 0 Å². The predicted molar refractivity (Wildman–Crippen MR) is 98.8 cm³/mol. The van der Waals surface area contributed by atoms with Crippen molar-refractivity contribution in [1.29, 1.82) is 0 Å². The lowest BCUT2D eigenvalue weighted by molar-refractivity contribution is -0.120. The first kappa shape index (κ1) is 18.1. The molecule has 0 bridgehead atoms. The van der Waals surface area contributed by atoms with Crippen LogP contribution in [0, 0.1) is 0 Å². The Kier molecular flexibility index (Phi) is 5.63. The van der Waals surface area contributed by atoms with Gasteiger partial charge in [-0.25, -0.2) is 4.79 Å². The van der Waals surface area contributed by atoms with Gasteiger partial charge in [-0.2, -0.15) is 0 Å². The average molecular weight is 375 g/mol. The van der Waals surface area contributed by atoms with Gasteiger partial charge in [0.1, 0.15) is 11.9 Å². The quantitative estimate of drug-likeness (QED) is 0.843. The number of anilines is 1. The summed E-state index contributed by atoms with van der Waals surface area (Å²) < 4.78 is 10.4. The molecule has 26 heavy (non-hydrogen) atoms. The van der Waals surface area contributed by atoms with E-state index in [4.69, 9.17) is 21.1 Å². The van der Waals surface area contributed by atoms with Gasteiger partial charge in [-0.05, 0) is 35.9 Å². The molecule has 0 spiro atoms. The van der Waals surface area contributed by atoms with Crippen molar-refractivity contribution in [1.82, 2.24) is 5.32 Å². The van der Waals surface area contributed by atoms with Gasteiger partial charge in [-0.15, -0.1) is 0 Å². The van der Waals surface area contributed by atoms with Crippen molar-refractivity contribution >= 4 is 29.3 Å². The molecule has 1 aliphatic rings. The van der Waals surface area contributed by atoms with Crippen LogP contribution in [0.2, 0.25) is 5.02 Å². The average Bonchev–Trinajstić information content (AvgIpc) is 3.01. The third-order valence-electron chi connectivity index (χ3n) is 4.04. The van der Waals surface area contributed by atoms with E-state index >= 15 is 0 Å². The number of cyclic esters (lactones) is 1. The van der Waals surface area contributed by atoms with Crippen LogP contribution in [-0.2, 0) is 16.0 Å². The van der Waals surface area contributed by atoms with Gasteiger partial charge in [0.25, 0.3) is 0 Å². The van der Waals surface area contributed by atoms with Crippen LogP contribution < -0.4 is 15.0 Å². The minimum absolute atomic E-state index is 0.132. The molecule has 1 N–H and O–H groups in total. The van der Waals surface area contributed by atoms with Crippen molar-refractivity contribution in [3.05, 3.63) is 59.1 Å². The van der Waals surface area contributed by atoms with E-state index in [0.717, 1.165) is 11.3 Å². The molecule has 2 aromatic carbocycles. The molecule has 1 heterocycles. The number of halogens is 1. The zero-order chi connectivity index (χ0) is 18.5. The van der Waals surface area contributed by atoms with Crippen molar-refractivity contribution in [3.8, 4) is 5.75 Å². The first-order valence-electron chi connectivity index (χ1n) is 8.18. The smallest absolute Gasteiger partial charge is 0.414 e. The highest BCUT2D eigenvalue weighted by Crippen LogP contribution is 2.24. The largest absolute Gasteiger partial charge is 0.497 e. The van der Waals surface area contributed by atoms with E-state index in [1.165, 1.54) is 4.90 Å². The molecule has 136 valence electrons. The van der Waals surface area contributed by atoms with Gasteiger partial charge in [0.05, 0.1) is 26.6 Å². The van der Waals surface area contributed by atoms with Crippen LogP contribution in [0.5, 0.6) is 5.75 Å². The minimum atomic E-state index is -0.443. The summed E-state index contributed by atoms with van der Waals surface area (Å²) in [5.74, 6) is 0.612. The number of carbonyl (C=O) groups excluding carboxylic acids is 2. The Balaban J connectivity index is 1.50. The number of hydrogen-bond acceptors (Lipinski definition) is 4. The molecular formula is C19H19ClN2O4. The molecular weight excluding hydrogens is 356 g/mol. The summed E-state index contributed by atoms with van der Waals surface area (Å²) in [6.07, 6.45) is -0.592. The normalized spacial score (nSPS) is 16.3. The van der Waals surface area contributed by atoms with Crippen LogP contribution in [-0.4, -0.2) is 38.3 Å². The number of amides is 2. The fraction of sp³-hybridized carbons (Fsp3) is 0.263. The van der Waals surface area contributed by atoms with E-state index in [-0.39, 0.29) is 18.9 Å². The second kappa shape index (κ2) is 8.10. The predicted octanol–water partition coefficient (Wildman–Crippen LogP) is 3.03. The van der Waals surface area contributed by atoms with E-state index in [0.29, 0.717) is 17.3 Å². The highest BCUT2D eigenvalue weighted by molar-refractivity contribution is 6.30. The minimum Gasteiger partial charge on any atom is -0.497 e. The van der Waals surface area contributed by atoms with E-state index in [9.17, 15) is 9.59 Å². The van der Waals surface area contributed by atoms with E-state index in [1.807, 2.05) is 24.3 Å². The van der Waals surface area contributed by atoms with Crippen LogP contribution in [0.3, 0.4) is 0 Å². The van der Waals surface area contributed by atoms with Crippen LogP contribution in [0.4, 0.5) is 10.5 Å². The van der Waals surface area contributed by atoms with Crippen molar-refractivity contribution in [2.45, 2.75) is 12.5 Å². The topological polar surface area (TPSA) is 67.9 Å². The third-order valence-corrected chi connectivity index (χ3v) is 4.28. The van der Waals surface area contributed by atoms with Gasteiger partial charge in [0, 0.05) is 10.7 Å². The highest BCUT2D eigenvalue weighted by Gasteiger charge is 2.32. The van der Waals surface area contributed by atoms with E-state index in [1.54, 1.807) is 31.4 Å². The van der Waals surface area contributed by atoms with Crippen LogP contribution >= 0.6 is 11.6 Å². The summed E-state index contributed by atoms with van der Waals surface area (Å²) in [6.45, 7) is 0.625. The molecule has 1 aliphatic heterocycles. The van der Waals surface area contributed by atoms with E-state index in [2.05, 4.69) is 5.32 Å². The Labute approximate surface area is 156 Å². The summed E-state index contributed by atoms with van der Waals surface area (Å²) >= 11 is 5.96. The van der Waals surface area contributed by atoms with Gasteiger partial charge < -0.3 is 14.8 Å². The fourth-order valence-electron chi connectivity index (χ4n) is 2.70. The Morgan fingerprint density at radius 3 is 2.77 bits per heavy atom. The molecule has 7 heteroatoms. The van der Waals surface area contributed by atoms with Crippen molar-refractivity contribution in [3.63, 3.8) is 0 Å². The molecule has 3 rings (SSSR count). The zero-order valence-electron chi connectivity index (χ0n) is 14.3. The van der Waals surface area contributed by atoms with Gasteiger partial charge in [-0.1, -0.05) is 29.8 Å². The first-order chi connectivity index (χ1) is 12.5. The Morgan fingerprint density at radius 1 is 1.31 bits per heavy atom. The fourth-order valence-corrected chi connectivity index (χ4v) is 2.89. The summed E-state index contributed by atoms with van der Waals surface area (Å²) in [7, 11) is 1.59. The molecule has 0 aliphatic carbocycles. The summed E-state index contributed by atoms with van der Waals surface area (Å²) in [5.41, 5.74) is 1.56. The second-order valence-corrected chi connectivity index (χ2v) is 6.36. The molecule has 6 nitrogen and oxygen atoms in total. The molecule has 1 saturated heterocycles. The number of carbonyl (C=O) groups is 2. The summed E-state index contributed by atoms with van der Waals surface area (Å²) in [5, 5.41) is 3.35. The molecule has 1 fully saturated rings. The number of nitrogens with zero attached hydrogens (tertiary/aromatic N) is 1. The lowest BCUT2D eigenvalue weighted by Gasteiger charge is -2.13. The lowest BCUT2D eigenvalue weighted by Crippen LogP contribution is -2.35. The van der Waals surface area contributed by atoms with Gasteiger partial charge >= 0.3 is 6.09 Å². The SMILES string of the molecule is COc1ccc(CC(=O)NCC2CN(c3cccc(Cl)c3)C(=O)O2)cc1. The Hall–Kier alpha value is -2.73. The molecule has 2 aromatic rings. The molecule has 0 saturated carbocycles. The zero-order valence-corrected chi connectivity index (χ0v) is 15.0. The molecule has 2 amide bonds. The lowest BCUT2D eigenvalue weighted by atomic mass is 10.1. The molecule has 0 aromatic heterocycles. The van der Waals surface area contributed by atoms with Crippen molar-refractivity contribution < 1.29 is 19.1 Å². The Morgan fingerprint density at radius 2 is 2.08 bits per heavy atom. The highest BCUT2D eigenvalue weighted by atomic mass is 35.5. The first-order valence-corrected chi connectivity index (χ1v) is 8.56. The molecule has 1 atom stereocenters. The van der Waals surface area contributed by atoms with E-state index < -0.39 is 12.2 Å². The van der Waals surface area contributed by atoms with Gasteiger partial charge in [0.2, 0.25) is 5.91 Å². The van der Waals surface area contributed by atoms with Crippen LogP contribution in [0.1, 0.15) is 5.56 Å². The van der Waals surface area contributed by atoms with Crippen molar-refractivity contribution in [2.75, 3.05) is 25.1 Å². The van der Waals surface area contributed by atoms with Gasteiger partial charge in [-0.3, -0.25) is 9.69 Å². The maximum absolute atomic E-state index is 12.1. The van der Waals surface area contributed by atoms with Gasteiger partial charge in [0.15, 0.2) is 0 Å². The number of benzene rings is 2. The second-order valence-electron chi connectivity index (χ2n) is 5.93. The van der Waals surface area contributed by atoms with Crippen LogP contribution in [0.25, 0.3) is 0 Å². The standard InChI is InChI=1S/C19H19ClN2O4/c1-25-16-7-5-13(6-8-16)9-18(23)21-11-17-12-22(19(24)26-17)15-4-2-3-14(20)10-15/h2-8,10,17H,9,11-12H2,1H3,(H,21,23). The maximum Gasteiger partial charge on any atom is 0.414 e. The van der Waals surface area contributed by atoms with Crippen LogP contribution in [0.15, 0.2) is 48.5 Å². The third kappa shape index (κ3) is 4.46. The number of nitrogens with one attached hydrogen (secondary N) is 1. The number of hydrogen-bond donors (Lipinski definition) is 1. The number of methoxy groups -OCH3 is 1. The molecule has 1 unspecified atom stereocenters. The Bertz CT molecular complexity index is 794. The number of rotatable bonds is 6. The molecule has 0 radical (unpaired) electrons.